The van der Waals surface area contributed by atoms with Crippen molar-refractivity contribution in [3.63, 3.8) is 0 Å². The van der Waals surface area contributed by atoms with Gasteiger partial charge in [-0.05, 0) is 47.8 Å². The first-order chi connectivity index (χ1) is 14.2. The molecule has 1 saturated heterocycles. The number of halogens is 1. The van der Waals surface area contributed by atoms with Gasteiger partial charge in [-0.2, -0.15) is 0 Å². The Hall–Kier alpha value is -2.90. The normalized spacial score (nSPS) is 13.9. The molecule has 2 heterocycles. The standard InChI is InChI=1S/C22H21FN2O3S/c23-20-14-17(6-7-21(20)25-8-10-27-11-9-25)24-22(26)16-3-1-4-18(13-16)28-15-19-5-2-12-29-19/h1-7,12-14H,8-11,15H2,(H,24,26). The lowest BCUT2D eigenvalue weighted by Gasteiger charge is -2.29. The van der Waals surface area contributed by atoms with Crippen LogP contribution >= 0.6 is 11.3 Å². The molecular formula is C22H21FN2O3S. The predicted molar refractivity (Wildman–Crippen MR) is 112 cm³/mol. The summed E-state index contributed by atoms with van der Waals surface area (Å²) in [4.78, 5) is 15.6. The third-order valence-corrected chi connectivity index (χ3v) is 5.46. The van der Waals surface area contributed by atoms with Crippen LogP contribution in [0, 0.1) is 5.82 Å². The summed E-state index contributed by atoms with van der Waals surface area (Å²) >= 11 is 1.62. The SMILES string of the molecule is O=C(Nc1ccc(N2CCOCC2)c(F)c1)c1cccc(OCc2cccs2)c1. The Bertz CT molecular complexity index is 972. The molecule has 1 N–H and O–H groups in total. The lowest BCUT2D eigenvalue weighted by atomic mass is 10.2. The van der Waals surface area contributed by atoms with Gasteiger partial charge in [0, 0.05) is 29.2 Å². The Morgan fingerprint density at radius 2 is 2.00 bits per heavy atom. The molecule has 0 aliphatic carbocycles. The molecule has 1 fully saturated rings. The maximum atomic E-state index is 14.5. The smallest absolute Gasteiger partial charge is 0.255 e. The van der Waals surface area contributed by atoms with E-state index in [1.54, 1.807) is 47.7 Å². The highest BCUT2D eigenvalue weighted by Crippen LogP contribution is 2.24. The van der Waals surface area contributed by atoms with E-state index in [1.807, 2.05) is 22.4 Å². The second kappa shape index (κ2) is 9.07. The van der Waals surface area contributed by atoms with Crippen LogP contribution in [-0.4, -0.2) is 32.2 Å². The van der Waals surface area contributed by atoms with E-state index < -0.39 is 0 Å². The summed E-state index contributed by atoms with van der Waals surface area (Å²) in [6.45, 7) is 2.93. The van der Waals surface area contributed by atoms with Crippen molar-refractivity contribution in [3.8, 4) is 5.75 Å². The number of rotatable bonds is 6. The minimum absolute atomic E-state index is 0.315. The van der Waals surface area contributed by atoms with Gasteiger partial charge in [0.1, 0.15) is 18.2 Å². The highest BCUT2D eigenvalue weighted by atomic mass is 32.1. The van der Waals surface area contributed by atoms with Gasteiger partial charge in [-0.25, -0.2) is 4.39 Å². The fourth-order valence-corrected chi connectivity index (χ4v) is 3.74. The second-order valence-electron chi connectivity index (χ2n) is 6.62. The molecule has 7 heteroatoms. The number of anilines is 2. The molecule has 0 unspecified atom stereocenters. The van der Waals surface area contributed by atoms with E-state index in [1.165, 1.54) is 6.07 Å². The van der Waals surface area contributed by atoms with Gasteiger partial charge in [-0.3, -0.25) is 4.79 Å². The zero-order valence-corrected chi connectivity index (χ0v) is 16.6. The molecule has 1 aliphatic heterocycles. The molecule has 150 valence electrons. The number of nitrogens with zero attached hydrogens (tertiary/aromatic N) is 1. The molecular weight excluding hydrogens is 391 g/mol. The van der Waals surface area contributed by atoms with Crippen LogP contribution in [0.3, 0.4) is 0 Å². The van der Waals surface area contributed by atoms with Crippen LogP contribution in [-0.2, 0) is 11.3 Å². The van der Waals surface area contributed by atoms with Crippen LogP contribution in [0.15, 0.2) is 60.0 Å². The van der Waals surface area contributed by atoms with E-state index in [9.17, 15) is 9.18 Å². The van der Waals surface area contributed by atoms with Crippen LogP contribution in [0.25, 0.3) is 0 Å². The summed E-state index contributed by atoms with van der Waals surface area (Å²) in [5.74, 6) is -0.0669. The van der Waals surface area contributed by atoms with Crippen molar-refractivity contribution in [2.24, 2.45) is 0 Å². The van der Waals surface area contributed by atoms with Gasteiger partial charge in [0.2, 0.25) is 0 Å². The number of amides is 1. The van der Waals surface area contributed by atoms with Gasteiger partial charge in [0.25, 0.3) is 5.91 Å². The van der Waals surface area contributed by atoms with Crippen LogP contribution in [0.5, 0.6) is 5.75 Å². The first-order valence-electron chi connectivity index (χ1n) is 9.38. The third-order valence-electron chi connectivity index (χ3n) is 4.61. The molecule has 5 nitrogen and oxygen atoms in total. The maximum Gasteiger partial charge on any atom is 0.255 e. The average Bonchev–Trinajstić information content (AvgIpc) is 3.27. The summed E-state index contributed by atoms with van der Waals surface area (Å²) in [6.07, 6.45) is 0. The molecule has 1 aliphatic rings. The first-order valence-corrected chi connectivity index (χ1v) is 10.3. The minimum atomic E-state index is -0.363. The maximum absolute atomic E-state index is 14.5. The van der Waals surface area contributed by atoms with Crippen LogP contribution < -0.4 is 15.0 Å². The Balaban J connectivity index is 1.41. The molecule has 2 aromatic carbocycles. The fourth-order valence-electron chi connectivity index (χ4n) is 3.12. The molecule has 3 aromatic rings. The first kappa shape index (κ1) is 19.4. The zero-order valence-electron chi connectivity index (χ0n) is 15.8. The lowest BCUT2D eigenvalue weighted by Crippen LogP contribution is -2.36. The third kappa shape index (κ3) is 4.93. The predicted octanol–water partition coefficient (Wildman–Crippen LogP) is 4.56. The molecule has 0 spiro atoms. The summed E-state index contributed by atoms with van der Waals surface area (Å²) in [6, 6.07) is 15.7. The fraction of sp³-hybridized carbons (Fsp3) is 0.227. The highest BCUT2D eigenvalue weighted by molar-refractivity contribution is 7.09. The van der Waals surface area contributed by atoms with E-state index in [4.69, 9.17) is 9.47 Å². The molecule has 0 atom stereocenters. The molecule has 29 heavy (non-hydrogen) atoms. The van der Waals surface area contributed by atoms with Crippen molar-refractivity contribution in [3.05, 3.63) is 76.2 Å². The topological polar surface area (TPSA) is 50.8 Å². The molecule has 1 aromatic heterocycles. The number of thiophene rings is 1. The van der Waals surface area contributed by atoms with Gasteiger partial charge in [0.15, 0.2) is 0 Å². The van der Waals surface area contributed by atoms with Crippen molar-refractivity contribution in [1.82, 2.24) is 0 Å². The number of hydrogen-bond acceptors (Lipinski definition) is 5. The monoisotopic (exact) mass is 412 g/mol. The second-order valence-corrected chi connectivity index (χ2v) is 7.65. The van der Waals surface area contributed by atoms with Crippen molar-refractivity contribution in [2.45, 2.75) is 6.61 Å². The van der Waals surface area contributed by atoms with Gasteiger partial charge in [0.05, 0.1) is 18.9 Å². The summed E-state index contributed by atoms with van der Waals surface area (Å²) in [7, 11) is 0. The molecule has 0 bridgehead atoms. The number of carbonyl (C=O) groups is 1. The van der Waals surface area contributed by atoms with Gasteiger partial charge >= 0.3 is 0 Å². The van der Waals surface area contributed by atoms with E-state index in [0.29, 0.717) is 55.6 Å². The largest absolute Gasteiger partial charge is 0.488 e. The number of nitrogens with one attached hydrogen (secondary N) is 1. The van der Waals surface area contributed by atoms with Crippen molar-refractivity contribution in [2.75, 3.05) is 36.5 Å². The molecule has 4 rings (SSSR count). The van der Waals surface area contributed by atoms with Crippen molar-refractivity contribution >= 4 is 28.6 Å². The Morgan fingerprint density at radius 3 is 2.76 bits per heavy atom. The van der Waals surface area contributed by atoms with Gasteiger partial charge in [-0.15, -0.1) is 11.3 Å². The van der Waals surface area contributed by atoms with Gasteiger partial charge in [-0.1, -0.05) is 12.1 Å². The van der Waals surface area contributed by atoms with E-state index in [2.05, 4.69) is 5.32 Å². The Morgan fingerprint density at radius 1 is 1.14 bits per heavy atom. The van der Waals surface area contributed by atoms with Crippen molar-refractivity contribution < 1.29 is 18.7 Å². The van der Waals surface area contributed by atoms with Gasteiger partial charge < -0.3 is 19.7 Å². The molecule has 0 saturated carbocycles. The van der Waals surface area contributed by atoms with E-state index in [0.717, 1.165) is 4.88 Å². The summed E-state index contributed by atoms with van der Waals surface area (Å²) in [5, 5.41) is 4.74. The Kier molecular flexibility index (Phi) is 6.07. The van der Waals surface area contributed by atoms with Crippen LogP contribution in [0.4, 0.5) is 15.8 Å². The van der Waals surface area contributed by atoms with Crippen molar-refractivity contribution in [1.29, 1.82) is 0 Å². The Labute approximate surface area is 172 Å². The van der Waals surface area contributed by atoms with Crippen LogP contribution in [0.1, 0.15) is 15.2 Å². The number of morpholine rings is 1. The van der Waals surface area contributed by atoms with E-state index >= 15 is 0 Å². The number of benzene rings is 2. The molecule has 0 radical (unpaired) electrons. The summed E-state index contributed by atoms with van der Waals surface area (Å²) < 4.78 is 25.6. The lowest BCUT2D eigenvalue weighted by molar-refractivity contribution is 0.102. The number of carbonyl (C=O) groups excluding carboxylic acids is 1. The number of ether oxygens (including phenoxy) is 2. The summed E-state index contributed by atoms with van der Waals surface area (Å²) in [5.41, 5.74) is 1.39. The zero-order chi connectivity index (χ0) is 20.1. The highest BCUT2D eigenvalue weighted by Gasteiger charge is 2.16. The van der Waals surface area contributed by atoms with Crippen LogP contribution in [0.2, 0.25) is 0 Å². The average molecular weight is 412 g/mol. The quantitative estimate of drug-likeness (QED) is 0.645. The van der Waals surface area contributed by atoms with E-state index in [-0.39, 0.29) is 11.7 Å². The molecule has 1 amide bonds. The minimum Gasteiger partial charge on any atom is -0.488 e. The number of hydrogen-bond donors (Lipinski definition) is 1.